The van der Waals surface area contributed by atoms with Gasteiger partial charge in [0.1, 0.15) is 18.8 Å². The molecule has 0 bridgehead atoms. The first kappa shape index (κ1) is 11.5. The summed E-state index contributed by atoms with van der Waals surface area (Å²) in [5, 5.41) is 3.84. The molecule has 0 saturated heterocycles. The average Bonchev–Trinajstić information content (AvgIpc) is 2.57. The number of aryl methyl sites for hydroxylation is 1. The smallest absolute Gasteiger partial charge is 0.345 e. The molecule has 0 aromatic carbocycles. The molecule has 0 unspecified atom stereocenters. The van der Waals surface area contributed by atoms with Crippen molar-refractivity contribution >= 4 is 5.97 Å². The van der Waals surface area contributed by atoms with Crippen LogP contribution in [0.25, 0.3) is 0 Å². The Morgan fingerprint density at radius 1 is 1.67 bits per heavy atom. The Kier molecular flexibility index (Phi) is 4.08. The van der Waals surface area contributed by atoms with Gasteiger partial charge in [-0.3, -0.25) is 0 Å². The summed E-state index contributed by atoms with van der Waals surface area (Å²) in [5.41, 5.74) is 0.216. The number of rotatable bonds is 5. The number of hydrogen-bond donors (Lipinski definition) is 0. The van der Waals surface area contributed by atoms with Gasteiger partial charge in [-0.1, -0.05) is 0 Å². The Bertz CT molecular complexity index is 338. The van der Waals surface area contributed by atoms with Gasteiger partial charge >= 0.3 is 5.97 Å². The fourth-order valence-corrected chi connectivity index (χ4v) is 1.08. The van der Waals surface area contributed by atoms with Crippen molar-refractivity contribution in [3.63, 3.8) is 0 Å². The van der Waals surface area contributed by atoms with Crippen molar-refractivity contribution < 1.29 is 18.7 Å². The van der Waals surface area contributed by atoms with E-state index in [1.54, 1.807) is 14.0 Å². The fraction of sp³-hybridized carbons (Fsp3) is 0.556. The lowest BCUT2D eigenvalue weighted by Crippen LogP contribution is -2.09. The molecule has 5 nitrogen and oxygen atoms in total. The highest BCUT2D eigenvalue weighted by Gasteiger charge is 2.18. The molecule has 0 spiro atoms. The summed E-state index contributed by atoms with van der Waals surface area (Å²) in [6, 6.07) is 0. The normalized spacial score (nSPS) is 10.1. The van der Waals surface area contributed by atoms with Gasteiger partial charge in [0.2, 0.25) is 5.88 Å². The zero-order chi connectivity index (χ0) is 11.3. The van der Waals surface area contributed by atoms with Gasteiger partial charge in [-0.2, -0.15) is 5.10 Å². The summed E-state index contributed by atoms with van der Waals surface area (Å²) in [6.45, 7) is 1.26. The van der Waals surface area contributed by atoms with E-state index in [0.717, 1.165) is 0 Å². The molecule has 0 radical (unpaired) electrons. The minimum Gasteiger partial charge on any atom is -0.474 e. The van der Waals surface area contributed by atoms with Gasteiger partial charge < -0.3 is 9.47 Å². The molecule has 1 aromatic rings. The van der Waals surface area contributed by atoms with E-state index in [0.29, 0.717) is 0 Å². The second kappa shape index (κ2) is 5.33. The lowest BCUT2D eigenvalue weighted by atomic mass is 10.3. The van der Waals surface area contributed by atoms with Crippen LogP contribution in [0.15, 0.2) is 6.20 Å². The second-order valence-corrected chi connectivity index (χ2v) is 2.74. The highest BCUT2D eigenvalue weighted by atomic mass is 19.1. The van der Waals surface area contributed by atoms with Gasteiger partial charge in [-0.15, -0.1) is 0 Å². The molecule has 0 fully saturated rings. The molecule has 0 saturated carbocycles. The number of esters is 1. The molecule has 0 atom stereocenters. The number of ether oxygens (including phenoxy) is 2. The first-order valence-corrected chi connectivity index (χ1v) is 4.58. The van der Waals surface area contributed by atoms with Gasteiger partial charge in [0.15, 0.2) is 0 Å². The van der Waals surface area contributed by atoms with E-state index in [9.17, 15) is 9.18 Å². The number of aromatic nitrogens is 2. The van der Waals surface area contributed by atoms with E-state index in [2.05, 4.69) is 5.10 Å². The molecule has 6 heteroatoms. The summed E-state index contributed by atoms with van der Waals surface area (Å²) in [6.07, 6.45) is 1.34. The number of carbonyl (C=O) groups excluding carboxylic acids is 1. The fourth-order valence-electron chi connectivity index (χ4n) is 1.08. The summed E-state index contributed by atoms with van der Waals surface area (Å²) >= 11 is 0. The summed E-state index contributed by atoms with van der Waals surface area (Å²) in [5.74, 6) is -0.287. The standard InChI is InChI=1S/C9H13FN2O3/c1-3-14-9(13)7-6-11-12(2)8(7)15-5-4-10/h6H,3-5H2,1-2H3. The number of hydrogen-bond acceptors (Lipinski definition) is 4. The van der Waals surface area contributed by atoms with E-state index in [1.807, 2.05) is 0 Å². The maximum absolute atomic E-state index is 11.9. The van der Waals surface area contributed by atoms with Crippen LogP contribution in [0, 0.1) is 0 Å². The Hall–Kier alpha value is -1.59. The molecular weight excluding hydrogens is 203 g/mol. The molecule has 0 aliphatic heterocycles. The highest BCUT2D eigenvalue weighted by molar-refractivity contribution is 5.91. The van der Waals surface area contributed by atoms with Crippen LogP contribution in [0.2, 0.25) is 0 Å². The van der Waals surface area contributed by atoms with Crippen LogP contribution in [0.4, 0.5) is 4.39 Å². The molecule has 0 aliphatic rings. The lowest BCUT2D eigenvalue weighted by Gasteiger charge is -2.06. The van der Waals surface area contributed by atoms with Crippen molar-refractivity contribution in [1.29, 1.82) is 0 Å². The molecule has 0 aliphatic carbocycles. The number of alkyl halides is 1. The highest BCUT2D eigenvalue weighted by Crippen LogP contribution is 2.17. The van der Waals surface area contributed by atoms with Crippen molar-refractivity contribution in [2.45, 2.75) is 6.92 Å². The van der Waals surface area contributed by atoms with Crippen molar-refractivity contribution in [2.24, 2.45) is 7.05 Å². The van der Waals surface area contributed by atoms with Crippen molar-refractivity contribution in [3.8, 4) is 5.88 Å². The molecule has 1 rings (SSSR count). The first-order chi connectivity index (χ1) is 7.20. The van der Waals surface area contributed by atoms with Crippen LogP contribution in [-0.4, -0.2) is 35.6 Å². The quantitative estimate of drug-likeness (QED) is 0.687. The Balaban J connectivity index is 2.82. The van der Waals surface area contributed by atoms with Crippen LogP contribution in [0.3, 0.4) is 0 Å². The van der Waals surface area contributed by atoms with Crippen molar-refractivity contribution in [1.82, 2.24) is 9.78 Å². The van der Waals surface area contributed by atoms with Crippen LogP contribution in [0.5, 0.6) is 5.88 Å². The van der Waals surface area contributed by atoms with Gasteiger partial charge in [0.05, 0.1) is 12.8 Å². The molecule has 0 amide bonds. The van der Waals surface area contributed by atoms with E-state index in [-0.39, 0.29) is 24.7 Å². The van der Waals surface area contributed by atoms with Crippen LogP contribution in [0.1, 0.15) is 17.3 Å². The number of carbonyl (C=O) groups is 1. The minimum absolute atomic E-state index is 0.105. The van der Waals surface area contributed by atoms with E-state index >= 15 is 0 Å². The molecule has 1 aromatic heterocycles. The van der Waals surface area contributed by atoms with Crippen LogP contribution >= 0.6 is 0 Å². The average molecular weight is 216 g/mol. The van der Waals surface area contributed by atoms with Crippen LogP contribution in [-0.2, 0) is 11.8 Å². The number of halogens is 1. The molecule has 84 valence electrons. The third-order valence-electron chi connectivity index (χ3n) is 1.70. The molecular formula is C9H13FN2O3. The van der Waals surface area contributed by atoms with Gasteiger partial charge in [-0.25, -0.2) is 13.9 Å². The minimum atomic E-state index is -0.618. The lowest BCUT2D eigenvalue weighted by molar-refractivity contribution is 0.0520. The maximum Gasteiger partial charge on any atom is 0.345 e. The molecule has 15 heavy (non-hydrogen) atoms. The van der Waals surface area contributed by atoms with E-state index < -0.39 is 12.6 Å². The van der Waals surface area contributed by atoms with Crippen LogP contribution < -0.4 is 4.74 Å². The van der Waals surface area contributed by atoms with Gasteiger partial charge in [0.25, 0.3) is 0 Å². The summed E-state index contributed by atoms with van der Waals surface area (Å²) in [4.78, 5) is 11.4. The van der Waals surface area contributed by atoms with Crippen molar-refractivity contribution in [2.75, 3.05) is 19.9 Å². The third kappa shape index (κ3) is 2.68. The maximum atomic E-state index is 11.9. The molecule has 0 N–H and O–H groups in total. The largest absolute Gasteiger partial charge is 0.474 e. The Labute approximate surface area is 86.8 Å². The van der Waals surface area contributed by atoms with Crippen molar-refractivity contribution in [3.05, 3.63) is 11.8 Å². The number of nitrogens with zero attached hydrogens (tertiary/aromatic N) is 2. The Morgan fingerprint density at radius 3 is 3.00 bits per heavy atom. The van der Waals surface area contributed by atoms with E-state index in [1.165, 1.54) is 10.9 Å². The zero-order valence-electron chi connectivity index (χ0n) is 8.70. The summed E-state index contributed by atoms with van der Waals surface area (Å²) < 4.78 is 23.1. The van der Waals surface area contributed by atoms with Gasteiger partial charge in [-0.05, 0) is 6.92 Å². The monoisotopic (exact) mass is 216 g/mol. The van der Waals surface area contributed by atoms with E-state index in [4.69, 9.17) is 9.47 Å². The third-order valence-corrected chi connectivity index (χ3v) is 1.70. The predicted molar refractivity (Wildman–Crippen MR) is 50.6 cm³/mol. The predicted octanol–water partition coefficient (Wildman–Crippen LogP) is 0.945. The molecule has 1 heterocycles. The zero-order valence-corrected chi connectivity index (χ0v) is 8.70. The first-order valence-electron chi connectivity index (χ1n) is 4.58. The Morgan fingerprint density at radius 2 is 2.40 bits per heavy atom. The topological polar surface area (TPSA) is 53.3 Å². The second-order valence-electron chi connectivity index (χ2n) is 2.74. The van der Waals surface area contributed by atoms with Gasteiger partial charge in [0, 0.05) is 7.05 Å². The summed E-state index contributed by atoms with van der Waals surface area (Å²) in [7, 11) is 1.61. The SMILES string of the molecule is CCOC(=O)c1cnn(C)c1OCCF.